The Labute approximate surface area is 239 Å². The van der Waals surface area contributed by atoms with Crippen molar-refractivity contribution in [2.24, 2.45) is 0 Å². The summed E-state index contributed by atoms with van der Waals surface area (Å²) < 4.78 is 6.34. The van der Waals surface area contributed by atoms with Gasteiger partial charge >= 0.3 is 6.03 Å². The number of benzene rings is 3. The Balaban J connectivity index is 1.02. The molecule has 0 spiro atoms. The number of hydrogen-bond donors (Lipinski definition) is 2. The van der Waals surface area contributed by atoms with E-state index in [0.717, 1.165) is 31.6 Å². The molecule has 3 aromatic carbocycles. The molecule has 3 unspecified atom stereocenters. The smallest absolute Gasteiger partial charge is 0.324 e. The molecule has 0 saturated carbocycles. The molecule has 4 heterocycles. The number of anilines is 2. The largest absolute Gasteiger partial charge is 0.344 e. The van der Waals surface area contributed by atoms with Crippen LogP contribution in [0.25, 0.3) is 0 Å². The van der Waals surface area contributed by atoms with Gasteiger partial charge in [0.25, 0.3) is 5.91 Å². The van der Waals surface area contributed by atoms with Gasteiger partial charge in [0.2, 0.25) is 0 Å². The number of pyridine rings is 1. The molecule has 1 aromatic heterocycles. The number of rotatable bonds is 6. The van der Waals surface area contributed by atoms with Crippen molar-refractivity contribution < 1.29 is 14.3 Å². The second-order valence-electron chi connectivity index (χ2n) is 10.9. The van der Waals surface area contributed by atoms with Gasteiger partial charge in [-0.15, -0.1) is 0 Å². The van der Waals surface area contributed by atoms with Gasteiger partial charge in [-0.3, -0.25) is 15.0 Å². The molecule has 4 aromatic rings. The molecule has 3 aliphatic rings. The van der Waals surface area contributed by atoms with E-state index in [0.29, 0.717) is 35.1 Å². The zero-order valence-corrected chi connectivity index (χ0v) is 22.6. The second-order valence-corrected chi connectivity index (χ2v) is 10.9. The van der Waals surface area contributed by atoms with Gasteiger partial charge in [0, 0.05) is 30.4 Å². The highest BCUT2D eigenvalue weighted by Gasteiger charge is 2.46. The van der Waals surface area contributed by atoms with E-state index in [1.165, 1.54) is 11.1 Å². The first kappa shape index (κ1) is 25.4. The summed E-state index contributed by atoms with van der Waals surface area (Å²) in [5.74, 6) is 0.796. The zero-order chi connectivity index (χ0) is 27.8. The minimum atomic E-state index is -0.540. The molecule has 3 atom stereocenters. The summed E-state index contributed by atoms with van der Waals surface area (Å²) in [4.78, 5) is 34.9. The van der Waals surface area contributed by atoms with Gasteiger partial charge in [0.05, 0.1) is 12.2 Å². The van der Waals surface area contributed by atoms with E-state index in [1.54, 1.807) is 29.3 Å². The summed E-state index contributed by atoms with van der Waals surface area (Å²) in [5.41, 5.74) is 5.31. The first-order valence-corrected chi connectivity index (χ1v) is 14.1. The predicted molar refractivity (Wildman–Crippen MR) is 156 cm³/mol. The lowest BCUT2D eigenvalue weighted by molar-refractivity contribution is 0.00951. The third-order valence-electron chi connectivity index (χ3n) is 8.22. The molecule has 3 aliphatic heterocycles. The van der Waals surface area contributed by atoms with Crippen LogP contribution in [0, 0.1) is 0 Å². The van der Waals surface area contributed by atoms with Crippen molar-refractivity contribution >= 4 is 23.4 Å². The molecule has 2 saturated heterocycles. The van der Waals surface area contributed by atoms with Crippen LogP contribution in [0.4, 0.5) is 16.3 Å². The molecule has 0 bridgehead atoms. The molecular weight excluding hydrogens is 514 g/mol. The van der Waals surface area contributed by atoms with Gasteiger partial charge < -0.3 is 15.0 Å². The normalized spacial score (nSPS) is 21.5. The molecule has 8 heteroatoms. The lowest BCUT2D eigenvalue weighted by atomic mass is 9.99. The highest BCUT2D eigenvalue weighted by molar-refractivity contribution is 6.04. The number of ether oxygens (including phenoxy) is 1. The van der Waals surface area contributed by atoms with Gasteiger partial charge in [-0.1, -0.05) is 66.7 Å². The Bertz CT molecular complexity index is 1580. The molecule has 206 valence electrons. The number of urea groups is 1. The first-order chi connectivity index (χ1) is 20.1. The van der Waals surface area contributed by atoms with Crippen LogP contribution < -0.4 is 10.6 Å². The van der Waals surface area contributed by atoms with E-state index in [2.05, 4.69) is 44.8 Å². The number of nitrogens with zero attached hydrogens (tertiary/aromatic N) is 3. The number of carbonyl (C=O) groups is 2. The molecule has 0 radical (unpaired) electrons. The number of nitrogens with one attached hydrogen (secondary N) is 2. The van der Waals surface area contributed by atoms with Crippen LogP contribution in [0.5, 0.6) is 0 Å². The van der Waals surface area contributed by atoms with Crippen LogP contribution in [0.3, 0.4) is 0 Å². The third-order valence-corrected chi connectivity index (χ3v) is 8.22. The predicted octanol–water partition coefficient (Wildman–Crippen LogP) is 5.94. The number of amides is 3. The Morgan fingerprint density at radius 2 is 1.71 bits per heavy atom. The minimum absolute atomic E-state index is 0.0836. The second kappa shape index (κ2) is 10.8. The van der Waals surface area contributed by atoms with Crippen molar-refractivity contribution in [3.05, 3.63) is 125 Å². The van der Waals surface area contributed by atoms with E-state index in [-0.39, 0.29) is 12.0 Å². The topological polar surface area (TPSA) is 86.8 Å². The Morgan fingerprint density at radius 3 is 2.54 bits per heavy atom. The summed E-state index contributed by atoms with van der Waals surface area (Å²) in [5, 5.41) is 5.83. The number of hydrogen-bond acceptors (Lipinski definition) is 5. The standard InChI is InChI=1S/C33H31N5O3/c39-31-26-12-7-13-27(30(26)32-38(31)21-28(41-32)23-10-5-2-6-11-23)35-33(40)36-29-18-24(14-16-34-29)25-15-17-37(20-25)19-22-8-3-1-4-9-22/h1-14,16,18,25,28,32H,15,17,19-21H2,(H2,34,35,36,40). The first-order valence-electron chi connectivity index (χ1n) is 14.1. The molecule has 7 rings (SSSR count). The maximum Gasteiger partial charge on any atom is 0.324 e. The summed E-state index contributed by atoms with van der Waals surface area (Å²) in [7, 11) is 0. The molecule has 41 heavy (non-hydrogen) atoms. The minimum Gasteiger partial charge on any atom is -0.344 e. The van der Waals surface area contributed by atoms with Crippen molar-refractivity contribution in [2.75, 3.05) is 30.3 Å². The van der Waals surface area contributed by atoms with Crippen molar-refractivity contribution in [2.45, 2.75) is 31.2 Å². The number of carbonyl (C=O) groups excluding carboxylic acids is 2. The van der Waals surface area contributed by atoms with E-state index in [4.69, 9.17) is 4.74 Å². The summed E-state index contributed by atoms with van der Waals surface area (Å²) >= 11 is 0. The van der Waals surface area contributed by atoms with Crippen molar-refractivity contribution in [1.29, 1.82) is 0 Å². The highest BCUT2D eigenvalue weighted by Crippen LogP contribution is 2.47. The van der Waals surface area contributed by atoms with Crippen LogP contribution in [0.1, 0.15) is 57.3 Å². The fourth-order valence-corrected chi connectivity index (χ4v) is 6.22. The van der Waals surface area contributed by atoms with E-state index in [1.807, 2.05) is 48.5 Å². The van der Waals surface area contributed by atoms with Gasteiger partial charge in [0.15, 0.2) is 6.23 Å². The maximum atomic E-state index is 13.2. The number of likely N-dealkylation sites (tertiary alicyclic amines) is 1. The van der Waals surface area contributed by atoms with Gasteiger partial charge in [0.1, 0.15) is 11.9 Å². The SMILES string of the molecule is O=C(Nc1cc(C2CCN(Cc3ccccc3)C2)ccn1)Nc1cccc2c1C1OC(c3ccccc3)CN1C2=O. The average Bonchev–Trinajstić information content (AvgIpc) is 3.71. The number of aromatic nitrogens is 1. The lowest BCUT2D eigenvalue weighted by Crippen LogP contribution is -2.24. The fraction of sp³-hybridized carbons (Fsp3) is 0.242. The highest BCUT2D eigenvalue weighted by atomic mass is 16.5. The molecule has 0 aliphatic carbocycles. The van der Waals surface area contributed by atoms with Crippen LogP contribution >= 0.6 is 0 Å². The fourth-order valence-electron chi connectivity index (χ4n) is 6.22. The van der Waals surface area contributed by atoms with Gasteiger partial charge in [-0.25, -0.2) is 9.78 Å². The van der Waals surface area contributed by atoms with Gasteiger partial charge in [-0.05, 0) is 59.8 Å². The molecular formula is C33H31N5O3. The Hall–Kier alpha value is -4.53. The molecule has 2 N–H and O–H groups in total. The molecule has 2 fully saturated rings. The van der Waals surface area contributed by atoms with Crippen LogP contribution in [-0.4, -0.2) is 46.4 Å². The molecule has 8 nitrogen and oxygen atoms in total. The Kier molecular flexibility index (Phi) is 6.70. The van der Waals surface area contributed by atoms with Gasteiger partial charge in [-0.2, -0.15) is 0 Å². The van der Waals surface area contributed by atoms with Crippen LogP contribution in [0.2, 0.25) is 0 Å². The maximum absolute atomic E-state index is 13.2. The van der Waals surface area contributed by atoms with Crippen LogP contribution in [0.15, 0.2) is 97.2 Å². The molecule has 3 amide bonds. The zero-order valence-electron chi connectivity index (χ0n) is 22.6. The summed E-state index contributed by atoms with van der Waals surface area (Å²) in [6.45, 7) is 3.41. The quantitative estimate of drug-likeness (QED) is 0.313. The Morgan fingerprint density at radius 1 is 0.902 bits per heavy atom. The van der Waals surface area contributed by atoms with Crippen molar-refractivity contribution in [1.82, 2.24) is 14.8 Å². The van der Waals surface area contributed by atoms with Crippen molar-refractivity contribution in [3.63, 3.8) is 0 Å². The van der Waals surface area contributed by atoms with Crippen molar-refractivity contribution in [3.8, 4) is 0 Å². The summed E-state index contributed by atoms with van der Waals surface area (Å²) in [6.07, 6.45) is 2.06. The van der Waals surface area contributed by atoms with E-state index in [9.17, 15) is 9.59 Å². The third kappa shape index (κ3) is 5.08. The van der Waals surface area contributed by atoms with E-state index < -0.39 is 12.3 Å². The monoisotopic (exact) mass is 545 g/mol. The van der Waals surface area contributed by atoms with Crippen LogP contribution in [-0.2, 0) is 11.3 Å². The summed E-state index contributed by atoms with van der Waals surface area (Å²) in [6, 6.07) is 29.4. The van der Waals surface area contributed by atoms with E-state index >= 15 is 0 Å². The average molecular weight is 546 g/mol. The number of fused-ring (bicyclic) bond motifs is 3. The lowest BCUT2D eigenvalue weighted by Gasteiger charge is -2.17.